The molecule has 128 valence electrons. The lowest BCUT2D eigenvalue weighted by Gasteiger charge is -2.39. The minimum Gasteiger partial charge on any atom is -0.496 e. The maximum atomic E-state index is 12.6. The second-order valence-electron chi connectivity index (χ2n) is 6.59. The number of methoxy groups -OCH3 is 1. The van der Waals surface area contributed by atoms with Gasteiger partial charge in [0, 0.05) is 17.7 Å². The van der Waals surface area contributed by atoms with E-state index >= 15 is 0 Å². The largest absolute Gasteiger partial charge is 0.496 e. The molecule has 2 rings (SSSR count). The van der Waals surface area contributed by atoms with Crippen LogP contribution in [0.25, 0.3) is 0 Å². The Morgan fingerprint density at radius 1 is 1.30 bits per heavy atom. The van der Waals surface area contributed by atoms with E-state index in [1.165, 1.54) is 37.0 Å². The summed E-state index contributed by atoms with van der Waals surface area (Å²) in [5, 5.41) is 3.16. The van der Waals surface area contributed by atoms with Crippen molar-refractivity contribution in [2.24, 2.45) is 0 Å². The minimum atomic E-state index is -0.0410. The molecule has 0 bridgehead atoms. The van der Waals surface area contributed by atoms with Crippen molar-refractivity contribution >= 4 is 17.7 Å². The lowest BCUT2D eigenvalue weighted by molar-refractivity contribution is -0.916. The van der Waals surface area contributed by atoms with Gasteiger partial charge in [0.1, 0.15) is 11.3 Å². The monoisotopic (exact) mass is 337 g/mol. The SMILES string of the molecule is COc1cc(SC)ccc1C(=O)NCC1([NH+](C)C)CCCCC1. The third-order valence-corrected chi connectivity index (χ3v) is 5.84. The molecule has 4 nitrogen and oxygen atoms in total. The Labute approximate surface area is 144 Å². The molecule has 1 aliphatic rings. The normalized spacial score (nSPS) is 17.1. The van der Waals surface area contributed by atoms with Crippen LogP contribution in [0.2, 0.25) is 0 Å². The van der Waals surface area contributed by atoms with Crippen LogP contribution in [0.3, 0.4) is 0 Å². The number of thioether (sulfide) groups is 1. The van der Waals surface area contributed by atoms with Gasteiger partial charge in [-0.1, -0.05) is 6.42 Å². The van der Waals surface area contributed by atoms with Crippen LogP contribution in [0.15, 0.2) is 23.1 Å². The molecule has 0 spiro atoms. The number of carbonyl (C=O) groups is 1. The van der Waals surface area contributed by atoms with Crippen molar-refractivity contribution in [2.45, 2.75) is 42.5 Å². The third-order valence-electron chi connectivity index (χ3n) is 5.11. The zero-order valence-electron chi connectivity index (χ0n) is 14.7. The van der Waals surface area contributed by atoms with E-state index in [1.54, 1.807) is 18.9 Å². The van der Waals surface area contributed by atoms with Crippen molar-refractivity contribution in [3.63, 3.8) is 0 Å². The predicted molar refractivity (Wildman–Crippen MR) is 95.7 cm³/mol. The van der Waals surface area contributed by atoms with Crippen LogP contribution in [-0.4, -0.2) is 45.5 Å². The van der Waals surface area contributed by atoms with Crippen molar-refractivity contribution in [1.82, 2.24) is 5.32 Å². The molecule has 5 heteroatoms. The van der Waals surface area contributed by atoms with E-state index < -0.39 is 0 Å². The highest BCUT2D eigenvalue weighted by atomic mass is 32.2. The minimum absolute atomic E-state index is 0.0410. The van der Waals surface area contributed by atoms with Crippen molar-refractivity contribution in [3.05, 3.63) is 23.8 Å². The van der Waals surface area contributed by atoms with E-state index in [0.717, 1.165) is 11.4 Å². The molecule has 0 aliphatic heterocycles. The number of amides is 1. The smallest absolute Gasteiger partial charge is 0.255 e. The fourth-order valence-corrected chi connectivity index (χ4v) is 3.84. The third kappa shape index (κ3) is 4.21. The number of likely N-dealkylation sites (N-methyl/N-ethyl adjacent to an activating group) is 1. The first-order chi connectivity index (χ1) is 11.0. The van der Waals surface area contributed by atoms with Gasteiger partial charge in [-0.25, -0.2) is 0 Å². The Morgan fingerprint density at radius 2 is 2.00 bits per heavy atom. The number of ether oxygens (including phenoxy) is 1. The topological polar surface area (TPSA) is 42.8 Å². The molecule has 1 saturated carbocycles. The van der Waals surface area contributed by atoms with E-state index in [9.17, 15) is 4.79 Å². The van der Waals surface area contributed by atoms with Crippen LogP contribution in [0.4, 0.5) is 0 Å². The fraction of sp³-hybridized carbons (Fsp3) is 0.611. The van der Waals surface area contributed by atoms with E-state index in [0.29, 0.717) is 11.3 Å². The number of carbonyl (C=O) groups excluding carboxylic acids is 1. The average molecular weight is 338 g/mol. The molecule has 0 aromatic heterocycles. The van der Waals surface area contributed by atoms with Crippen molar-refractivity contribution in [2.75, 3.05) is 34.0 Å². The molecule has 1 aromatic rings. The maximum absolute atomic E-state index is 12.6. The van der Waals surface area contributed by atoms with Crippen LogP contribution < -0.4 is 15.0 Å². The van der Waals surface area contributed by atoms with Gasteiger partial charge in [-0.3, -0.25) is 4.79 Å². The summed E-state index contributed by atoms with van der Waals surface area (Å²) < 4.78 is 5.39. The van der Waals surface area contributed by atoms with Gasteiger partial charge in [0.15, 0.2) is 0 Å². The average Bonchev–Trinajstić information content (AvgIpc) is 2.59. The second kappa shape index (κ2) is 8.06. The molecule has 1 fully saturated rings. The van der Waals surface area contributed by atoms with Gasteiger partial charge in [-0.05, 0) is 37.3 Å². The Morgan fingerprint density at radius 3 is 2.57 bits per heavy atom. The number of benzene rings is 1. The van der Waals surface area contributed by atoms with E-state index in [-0.39, 0.29) is 11.4 Å². The van der Waals surface area contributed by atoms with E-state index in [2.05, 4.69) is 19.4 Å². The summed E-state index contributed by atoms with van der Waals surface area (Å²) in [5.41, 5.74) is 0.783. The van der Waals surface area contributed by atoms with E-state index in [1.807, 2.05) is 24.5 Å². The molecular weight excluding hydrogens is 308 g/mol. The van der Waals surface area contributed by atoms with Gasteiger partial charge in [0.2, 0.25) is 0 Å². The summed E-state index contributed by atoms with van der Waals surface area (Å²) in [6.07, 6.45) is 8.20. The van der Waals surface area contributed by atoms with Gasteiger partial charge in [-0.2, -0.15) is 0 Å². The van der Waals surface area contributed by atoms with Crippen LogP contribution in [0.5, 0.6) is 5.75 Å². The second-order valence-corrected chi connectivity index (χ2v) is 7.47. The summed E-state index contributed by atoms with van der Waals surface area (Å²) in [6.45, 7) is 0.724. The summed E-state index contributed by atoms with van der Waals surface area (Å²) in [6, 6.07) is 5.75. The highest BCUT2D eigenvalue weighted by molar-refractivity contribution is 7.98. The fourth-order valence-electron chi connectivity index (χ4n) is 3.41. The van der Waals surface area contributed by atoms with Crippen LogP contribution in [-0.2, 0) is 0 Å². The van der Waals surface area contributed by atoms with Gasteiger partial charge in [0.05, 0.1) is 33.3 Å². The van der Waals surface area contributed by atoms with Crippen LogP contribution in [0, 0.1) is 0 Å². The van der Waals surface area contributed by atoms with Gasteiger partial charge < -0.3 is 15.0 Å². The van der Waals surface area contributed by atoms with Gasteiger partial charge in [0.25, 0.3) is 5.91 Å². The molecule has 23 heavy (non-hydrogen) atoms. The molecule has 0 atom stereocenters. The molecule has 1 amide bonds. The Balaban J connectivity index is 2.09. The highest BCUT2D eigenvalue weighted by Gasteiger charge is 2.38. The van der Waals surface area contributed by atoms with Crippen molar-refractivity contribution in [1.29, 1.82) is 0 Å². The Kier molecular flexibility index (Phi) is 6.36. The molecule has 0 saturated heterocycles. The summed E-state index contributed by atoms with van der Waals surface area (Å²) in [7, 11) is 6.01. The van der Waals surface area contributed by atoms with E-state index in [4.69, 9.17) is 4.74 Å². The number of hydrogen-bond acceptors (Lipinski definition) is 3. The molecule has 2 N–H and O–H groups in total. The summed E-state index contributed by atoms with van der Waals surface area (Å²) in [5.74, 6) is 0.602. The Hall–Kier alpha value is -1.20. The number of quaternary nitrogens is 1. The molecule has 1 aromatic carbocycles. The molecule has 0 radical (unpaired) electrons. The zero-order chi connectivity index (χ0) is 16.9. The zero-order valence-corrected chi connectivity index (χ0v) is 15.5. The van der Waals surface area contributed by atoms with Crippen LogP contribution >= 0.6 is 11.8 Å². The van der Waals surface area contributed by atoms with Crippen molar-refractivity contribution < 1.29 is 14.4 Å². The number of hydrogen-bond donors (Lipinski definition) is 2. The first kappa shape index (κ1) is 18.1. The number of rotatable bonds is 6. The maximum Gasteiger partial charge on any atom is 0.255 e. The van der Waals surface area contributed by atoms with Crippen molar-refractivity contribution in [3.8, 4) is 5.75 Å². The quantitative estimate of drug-likeness (QED) is 0.780. The first-order valence-electron chi connectivity index (χ1n) is 8.33. The standard InChI is InChI=1S/C18H28N2O2S/c1-20(2)18(10-6-5-7-11-18)13-19-17(21)15-9-8-14(23-4)12-16(15)22-3/h8-9,12H,5-7,10-11,13H2,1-4H3,(H,19,21)/p+1. The summed E-state index contributed by atoms with van der Waals surface area (Å²) >= 11 is 1.64. The lowest BCUT2D eigenvalue weighted by atomic mass is 9.80. The number of nitrogens with one attached hydrogen (secondary N) is 2. The lowest BCUT2D eigenvalue weighted by Crippen LogP contribution is -3.16. The summed E-state index contributed by atoms with van der Waals surface area (Å²) in [4.78, 5) is 15.2. The van der Waals surface area contributed by atoms with Crippen LogP contribution in [0.1, 0.15) is 42.5 Å². The first-order valence-corrected chi connectivity index (χ1v) is 9.56. The van der Waals surface area contributed by atoms with Gasteiger partial charge in [-0.15, -0.1) is 11.8 Å². The predicted octanol–water partition coefficient (Wildman–Crippen LogP) is 1.99. The molecule has 1 aliphatic carbocycles. The van der Waals surface area contributed by atoms with Gasteiger partial charge >= 0.3 is 0 Å². The molecular formula is C18H29N2O2S+. The highest BCUT2D eigenvalue weighted by Crippen LogP contribution is 2.27. The molecule has 0 unspecified atom stereocenters. The molecule has 0 heterocycles. The Bertz CT molecular complexity index is 540.